The summed E-state index contributed by atoms with van der Waals surface area (Å²) >= 11 is 0. The van der Waals surface area contributed by atoms with Crippen molar-refractivity contribution >= 4 is 11.9 Å². The lowest BCUT2D eigenvalue weighted by molar-refractivity contribution is -0.185. The van der Waals surface area contributed by atoms with Gasteiger partial charge in [0.25, 0.3) is 0 Å². The van der Waals surface area contributed by atoms with Crippen molar-refractivity contribution in [1.82, 2.24) is 0 Å². The van der Waals surface area contributed by atoms with E-state index in [9.17, 15) is 18.0 Å². The molecule has 0 saturated carbocycles. The van der Waals surface area contributed by atoms with E-state index in [0.29, 0.717) is 5.56 Å². The average molecular weight is 312 g/mol. The quantitative estimate of drug-likeness (QED) is 0.801. The lowest BCUT2D eigenvalue weighted by Gasteiger charge is -2.29. The van der Waals surface area contributed by atoms with Gasteiger partial charge in [0, 0.05) is 17.6 Å². The van der Waals surface area contributed by atoms with E-state index in [1.807, 2.05) is 26.8 Å². The number of alkyl halides is 3. The summed E-state index contributed by atoms with van der Waals surface area (Å²) in [6, 6.07) is 3.43. The predicted octanol–water partition coefficient (Wildman–Crippen LogP) is 4.80. The lowest BCUT2D eigenvalue weighted by Crippen LogP contribution is -2.40. The molecule has 0 saturated heterocycles. The Morgan fingerprint density at radius 3 is 2.45 bits per heavy atom. The minimum Gasteiger partial charge on any atom is -0.475 e. The number of aryl methyl sites for hydroxylation is 1. The van der Waals surface area contributed by atoms with Crippen LogP contribution >= 0.6 is 0 Å². The first-order chi connectivity index (χ1) is 10.1. The molecule has 1 aromatic carbocycles. The third kappa shape index (κ3) is 3.03. The highest BCUT2D eigenvalue weighted by atomic mass is 19.4. The molecule has 1 aliphatic rings. The number of ether oxygens (including phenoxy) is 1. The smallest absolute Gasteiger partial charge is 0.429 e. The van der Waals surface area contributed by atoms with Gasteiger partial charge in [0.2, 0.25) is 6.10 Å². The van der Waals surface area contributed by atoms with E-state index in [1.54, 1.807) is 13.0 Å². The van der Waals surface area contributed by atoms with Gasteiger partial charge >= 0.3 is 6.18 Å². The minimum absolute atomic E-state index is 0.0139. The highest BCUT2D eigenvalue weighted by molar-refractivity contribution is 6.01. The number of carbonyl (C=O) groups is 1. The molecule has 0 bridgehead atoms. The van der Waals surface area contributed by atoms with Crippen molar-refractivity contribution in [2.45, 2.75) is 52.3 Å². The van der Waals surface area contributed by atoms with Crippen molar-refractivity contribution in [2.24, 2.45) is 0 Å². The van der Waals surface area contributed by atoms with Crippen LogP contribution in [0.1, 0.15) is 49.8 Å². The summed E-state index contributed by atoms with van der Waals surface area (Å²) in [6.07, 6.45) is -5.45. The monoisotopic (exact) mass is 312 g/mol. The molecule has 1 heterocycles. The van der Waals surface area contributed by atoms with Crippen molar-refractivity contribution in [3.05, 3.63) is 34.4 Å². The third-order valence-electron chi connectivity index (χ3n) is 3.80. The number of hydrogen-bond acceptors (Lipinski definition) is 2. The Bertz CT molecular complexity index is 628. The second-order valence-corrected chi connectivity index (χ2v) is 5.82. The summed E-state index contributed by atoms with van der Waals surface area (Å²) in [5.74, 6) is -0.124. The summed E-state index contributed by atoms with van der Waals surface area (Å²) in [5.41, 5.74) is 2.13. The van der Waals surface area contributed by atoms with Gasteiger partial charge in [-0.25, -0.2) is 0 Å². The van der Waals surface area contributed by atoms with E-state index in [2.05, 4.69) is 0 Å². The number of Topliss-reactive ketones (excluding diaryl/α,β-unsaturated/α-hetero) is 1. The Balaban J connectivity index is 2.58. The molecule has 22 heavy (non-hydrogen) atoms. The zero-order chi connectivity index (χ0) is 16.7. The molecule has 5 heteroatoms. The number of hydrogen-bond donors (Lipinski definition) is 0. The average Bonchev–Trinajstić information content (AvgIpc) is 2.43. The van der Waals surface area contributed by atoms with Crippen LogP contribution in [0.4, 0.5) is 13.2 Å². The van der Waals surface area contributed by atoms with Gasteiger partial charge in [-0.15, -0.1) is 0 Å². The molecule has 0 radical (unpaired) electrons. The molecule has 0 amide bonds. The summed E-state index contributed by atoms with van der Waals surface area (Å²) in [7, 11) is 0. The van der Waals surface area contributed by atoms with Crippen LogP contribution in [0.25, 0.3) is 6.08 Å². The molecule has 120 valence electrons. The normalized spacial score (nSPS) is 17.8. The minimum atomic E-state index is -4.61. The molecule has 0 fully saturated rings. The molecule has 0 aliphatic carbocycles. The fourth-order valence-electron chi connectivity index (χ4n) is 2.66. The van der Waals surface area contributed by atoms with E-state index >= 15 is 0 Å². The van der Waals surface area contributed by atoms with Crippen molar-refractivity contribution in [3.8, 4) is 5.75 Å². The molecule has 0 spiro atoms. The van der Waals surface area contributed by atoms with Crippen LogP contribution in [0.15, 0.2) is 17.7 Å². The number of rotatable bonds is 3. The van der Waals surface area contributed by atoms with Crippen LogP contribution < -0.4 is 4.74 Å². The topological polar surface area (TPSA) is 26.3 Å². The maximum Gasteiger partial charge on any atom is 0.429 e. The maximum atomic E-state index is 13.2. The first-order valence-corrected chi connectivity index (χ1v) is 7.27. The summed E-state index contributed by atoms with van der Waals surface area (Å²) in [4.78, 5) is 11.9. The van der Waals surface area contributed by atoms with E-state index in [4.69, 9.17) is 4.74 Å². The summed E-state index contributed by atoms with van der Waals surface area (Å²) in [6.45, 7) is 7.41. The molecule has 1 aliphatic heterocycles. The maximum absolute atomic E-state index is 13.2. The van der Waals surface area contributed by atoms with Gasteiger partial charge in [-0.3, -0.25) is 4.79 Å². The number of benzene rings is 1. The highest BCUT2D eigenvalue weighted by Crippen LogP contribution is 2.39. The van der Waals surface area contributed by atoms with Crippen molar-refractivity contribution in [2.75, 3.05) is 0 Å². The van der Waals surface area contributed by atoms with Gasteiger partial charge in [0.05, 0.1) is 0 Å². The van der Waals surface area contributed by atoms with Crippen LogP contribution in [0, 0.1) is 6.92 Å². The highest BCUT2D eigenvalue weighted by Gasteiger charge is 2.47. The third-order valence-corrected chi connectivity index (χ3v) is 3.80. The zero-order valence-electron chi connectivity index (χ0n) is 13.0. The first kappa shape index (κ1) is 16.6. The van der Waals surface area contributed by atoms with E-state index < -0.39 is 18.1 Å². The van der Waals surface area contributed by atoms with Gasteiger partial charge in [0.1, 0.15) is 5.75 Å². The van der Waals surface area contributed by atoms with E-state index in [1.165, 1.54) is 6.08 Å². The summed E-state index contributed by atoms with van der Waals surface area (Å²) in [5, 5.41) is 0. The van der Waals surface area contributed by atoms with Gasteiger partial charge in [-0.1, -0.05) is 20.8 Å². The summed E-state index contributed by atoms with van der Waals surface area (Å²) < 4.78 is 44.6. The van der Waals surface area contributed by atoms with Gasteiger partial charge in [-0.05, 0) is 42.2 Å². The van der Waals surface area contributed by atoms with Crippen LogP contribution in [0.3, 0.4) is 0 Å². The van der Waals surface area contributed by atoms with Crippen LogP contribution in [-0.4, -0.2) is 18.1 Å². The fraction of sp³-hybridized carbons (Fsp3) is 0.471. The molecule has 2 rings (SSSR count). The zero-order valence-corrected chi connectivity index (χ0v) is 13.0. The Morgan fingerprint density at radius 2 is 1.95 bits per heavy atom. The SMILES string of the molecule is CCC(=O)C1=Cc2cc(C(C)C)c(C)cc2OC1C(F)(F)F. The first-order valence-electron chi connectivity index (χ1n) is 7.27. The van der Waals surface area contributed by atoms with Gasteiger partial charge in [0.15, 0.2) is 5.78 Å². The van der Waals surface area contributed by atoms with Gasteiger partial charge in [-0.2, -0.15) is 13.2 Å². The molecule has 0 aromatic heterocycles. The van der Waals surface area contributed by atoms with Crippen molar-refractivity contribution < 1.29 is 22.7 Å². The predicted molar refractivity (Wildman–Crippen MR) is 79.0 cm³/mol. The van der Waals surface area contributed by atoms with Crippen LogP contribution in [0.5, 0.6) is 5.75 Å². The molecule has 1 aromatic rings. The largest absolute Gasteiger partial charge is 0.475 e. The number of carbonyl (C=O) groups excluding carboxylic acids is 1. The number of fused-ring (bicyclic) bond motifs is 1. The molecule has 2 nitrogen and oxygen atoms in total. The van der Waals surface area contributed by atoms with Crippen LogP contribution in [0.2, 0.25) is 0 Å². The fourth-order valence-corrected chi connectivity index (χ4v) is 2.66. The number of halogens is 3. The lowest BCUT2D eigenvalue weighted by atomic mass is 9.91. The number of ketones is 1. The van der Waals surface area contributed by atoms with Crippen molar-refractivity contribution in [1.29, 1.82) is 0 Å². The second kappa shape index (κ2) is 5.78. The van der Waals surface area contributed by atoms with Crippen molar-refractivity contribution in [3.63, 3.8) is 0 Å². The molecule has 1 atom stereocenters. The van der Waals surface area contributed by atoms with E-state index in [0.717, 1.165) is 11.1 Å². The van der Waals surface area contributed by atoms with E-state index in [-0.39, 0.29) is 23.7 Å². The Hall–Kier alpha value is -1.78. The molecule has 0 N–H and O–H groups in total. The Morgan fingerprint density at radius 1 is 1.32 bits per heavy atom. The Labute approximate surface area is 128 Å². The molecular weight excluding hydrogens is 293 g/mol. The standard InChI is InChI=1S/C17H19F3O2/c1-5-14(21)13-8-11-7-12(9(2)3)10(4)6-15(11)22-16(13)17(18,19)20/h6-9,16H,5H2,1-4H3. The van der Waals surface area contributed by atoms with Crippen LogP contribution in [-0.2, 0) is 4.79 Å². The second-order valence-electron chi connectivity index (χ2n) is 5.82. The Kier molecular flexibility index (Phi) is 4.36. The molecule has 1 unspecified atom stereocenters. The molecular formula is C17H19F3O2. The van der Waals surface area contributed by atoms with Gasteiger partial charge < -0.3 is 4.74 Å².